The Balaban J connectivity index is 1.49. The van der Waals surface area contributed by atoms with Gasteiger partial charge >= 0.3 is 0 Å². The standard InChI is InChI=1S/C27H31NO2S/c1-17(2)27(18(3)4)11-12-28-20(15-27)16-30-24-14-19(8-9-23(24)26(28)29)21-6-5-7-25-22(21)10-13-31-25/h5-10,13-14,17-18,20H,11-12,15-16H2,1-4H3. The van der Waals surface area contributed by atoms with E-state index in [1.165, 1.54) is 15.6 Å². The second kappa shape index (κ2) is 7.67. The summed E-state index contributed by atoms with van der Waals surface area (Å²) in [5, 5.41) is 3.38. The van der Waals surface area contributed by atoms with Gasteiger partial charge in [0.25, 0.3) is 5.91 Å². The van der Waals surface area contributed by atoms with Gasteiger partial charge in [0.05, 0.1) is 11.6 Å². The fourth-order valence-corrected chi connectivity index (χ4v) is 6.68. The minimum atomic E-state index is 0.124. The first kappa shape index (κ1) is 20.6. The van der Waals surface area contributed by atoms with Crippen molar-refractivity contribution in [1.82, 2.24) is 4.90 Å². The molecular formula is C27H31NO2S. The lowest BCUT2D eigenvalue weighted by molar-refractivity contribution is -0.0179. The average Bonchev–Trinajstić information content (AvgIpc) is 3.20. The lowest BCUT2D eigenvalue weighted by Crippen LogP contribution is -2.54. The summed E-state index contributed by atoms with van der Waals surface area (Å²) < 4.78 is 7.62. The SMILES string of the molecule is CC(C)C1(C(C)C)CCN2C(=O)c3ccc(-c4cccc5sccc45)cc3OCC2C1. The molecule has 2 aliphatic rings. The first-order valence-electron chi connectivity index (χ1n) is 11.4. The van der Waals surface area contributed by atoms with Crippen LogP contribution in [0.1, 0.15) is 50.9 Å². The normalized spacial score (nSPS) is 20.5. The molecule has 1 saturated heterocycles. The van der Waals surface area contributed by atoms with Gasteiger partial charge in [-0.25, -0.2) is 0 Å². The summed E-state index contributed by atoms with van der Waals surface area (Å²) in [5.41, 5.74) is 3.26. The van der Waals surface area contributed by atoms with Crippen LogP contribution in [0.5, 0.6) is 5.75 Å². The van der Waals surface area contributed by atoms with Crippen molar-refractivity contribution < 1.29 is 9.53 Å². The fourth-order valence-electron chi connectivity index (χ4n) is 5.87. The highest BCUT2D eigenvalue weighted by Crippen LogP contribution is 2.48. The molecule has 1 unspecified atom stereocenters. The van der Waals surface area contributed by atoms with Crippen LogP contribution in [0.25, 0.3) is 21.2 Å². The molecule has 0 N–H and O–H groups in total. The van der Waals surface area contributed by atoms with E-state index in [-0.39, 0.29) is 17.4 Å². The third kappa shape index (κ3) is 3.27. The maximum absolute atomic E-state index is 13.5. The van der Waals surface area contributed by atoms with E-state index >= 15 is 0 Å². The van der Waals surface area contributed by atoms with Crippen molar-refractivity contribution in [3.63, 3.8) is 0 Å². The number of hydrogen-bond donors (Lipinski definition) is 0. The predicted molar refractivity (Wildman–Crippen MR) is 129 cm³/mol. The Morgan fingerprint density at radius 1 is 1.06 bits per heavy atom. The van der Waals surface area contributed by atoms with Gasteiger partial charge in [0.1, 0.15) is 12.4 Å². The quantitative estimate of drug-likeness (QED) is 0.451. The van der Waals surface area contributed by atoms with Crippen molar-refractivity contribution in [2.45, 2.75) is 46.6 Å². The first-order chi connectivity index (χ1) is 14.9. The molecule has 0 saturated carbocycles. The van der Waals surface area contributed by atoms with Crippen LogP contribution in [0.3, 0.4) is 0 Å². The number of thiophene rings is 1. The molecule has 0 aliphatic carbocycles. The Kier molecular flexibility index (Phi) is 5.09. The number of amides is 1. The Morgan fingerprint density at radius 3 is 2.65 bits per heavy atom. The van der Waals surface area contributed by atoms with Gasteiger partial charge < -0.3 is 9.64 Å². The van der Waals surface area contributed by atoms with Crippen molar-refractivity contribution in [2.24, 2.45) is 17.3 Å². The van der Waals surface area contributed by atoms with E-state index in [0.29, 0.717) is 24.0 Å². The monoisotopic (exact) mass is 433 g/mol. The second-order valence-electron chi connectivity index (χ2n) is 9.81. The lowest BCUT2D eigenvalue weighted by atomic mass is 9.61. The van der Waals surface area contributed by atoms with Crippen molar-refractivity contribution >= 4 is 27.3 Å². The molecule has 1 fully saturated rings. The number of carbonyl (C=O) groups excluding carboxylic acids is 1. The Hall–Kier alpha value is -2.33. The predicted octanol–water partition coefficient (Wildman–Crippen LogP) is 6.86. The third-order valence-electron chi connectivity index (χ3n) is 7.89. The largest absolute Gasteiger partial charge is 0.491 e. The van der Waals surface area contributed by atoms with Crippen molar-refractivity contribution in [2.75, 3.05) is 13.2 Å². The molecule has 5 rings (SSSR count). The van der Waals surface area contributed by atoms with Gasteiger partial charge in [0, 0.05) is 16.6 Å². The van der Waals surface area contributed by atoms with Crippen LogP contribution in [0.4, 0.5) is 0 Å². The first-order valence-corrected chi connectivity index (χ1v) is 12.3. The number of carbonyl (C=O) groups is 1. The van der Waals surface area contributed by atoms with Crippen LogP contribution in [0, 0.1) is 17.3 Å². The summed E-state index contributed by atoms with van der Waals surface area (Å²) in [7, 11) is 0. The highest BCUT2D eigenvalue weighted by molar-refractivity contribution is 7.17. The van der Waals surface area contributed by atoms with Crippen LogP contribution in [0.15, 0.2) is 47.8 Å². The fraction of sp³-hybridized carbons (Fsp3) is 0.444. The lowest BCUT2D eigenvalue weighted by Gasteiger charge is -2.50. The molecule has 2 aromatic carbocycles. The van der Waals surface area contributed by atoms with E-state index in [0.717, 1.165) is 30.7 Å². The molecule has 0 spiro atoms. The van der Waals surface area contributed by atoms with Gasteiger partial charge in [-0.3, -0.25) is 4.79 Å². The van der Waals surface area contributed by atoms with E-state index < -0.39 is 0 Å². The Labute approximate surface area is 189 Å². The molecule has 31 heavy (non-hydrogen) atoms. The van der Waals surface area contributed by atoms with E-state index in [9.17, 15) is 4.79 Å². The summed E-state index contributed by atoms with van der Waals surface area (Å²) in [6.45, 7) is 10.7. The molecule has 3 aromatic rings. The summed E-state index contributed by atoms with van der Waals surface area (Å²) in [6, 6.07) is 14.8. The Morgan fingerprint density at radius 2 is 1.87 bits per heavy atom. The average molecular weight is 434 g/mol. The minimum absolute atomic E-state index is 0.124. The zero-order valence-electron chi connectivity index (χ0n) is 18.9. The van der Waals surface area contributed by atoms with E-state index in [2.05, 4.69) is 74.4 Å². The van der Waals surface area contributed by atoms with Gasteiger partial charge in [-0.2, -0.15) is 0 Å². The van der Waals surface area contributed by atoms with Crippen molar-refractivity contribution in [1.29, 1.82) is 0 Å². The van der Waals surface area contributed by atoms with Gasteiger partial charge in [0.15, 0.2) is 0 Å². The number of ether oxygens (including phenoxy) is 1. The van der Waals surface area contributed by atoms with Crippen LogP contribution in [-0.2, 0) is 0 Å². The molecule has 3 nitrogen and oxygen atoms in total. The number of benzene rings is 2. The van der Waals surface area contributed by atoms with Crippen LogP contribution >= 0.6 is 11.3 Å². The second-order valence-corrected chi connectivity index (χ2v) is 10.8. The molecule has 162 valence electrons. The van der Waals surface area contributed by atoms with E-state index in [4.69, 9.17) is 4.74 Å². The third-order valence-corrected chi connectivity index (χ3v) is 8.77. The van der Waals surface area contributed by atoms with Gasteiger partial charge in [-0.1, -0.05) is 45.9 Å². The van der Waals surface area contributed by atoms with Gasteiger partial charge in [0.2, 0.25) is 0 Å². The zero-order valence-corrected chi connectivity index (χ0v) is 19.7. The minimum Gasteiger partial charge on any atom is -0.491 e. The molecule has 1 amide bonds. The highest BCUT2D eigenvalue weighted by Gasteiger charge is 2.46. The van der Waals surface area contributed by atoms with Crippen molar-refractivity contribution in [3.05, 3.63) is 53.4 Å². The summed E-state index contributed by atoms with van der Waals surface area (Å²) >= 11 is 1.75. The molecule has 0 radical (unpaired) electrons. The summed E-state index contributed by atoms with van der Waals surface area (Å²) in [5.74, 6) is 2.03. The summed E-state index contributed by atoms with van der Waals surface area (Å²) in [6.07, 6.45) is 2.08. The van der Waals surface area contributed by atoms with Crippen LogP contribution < -0.4 is 4.74 Å². The molecular weight excluding hydrogens is 402 g/mol. The molecule has 4 heteroatoms. The number of nitrogens with zero attached hydrogens (tertiary/aromatic N) is 1. The number of piperidine rings is 1. The smallest absolute Gasteiger partial charge is 0.257 e. The molecule has 1 atom stereocenters. The van der Waals surface area contributed by atoms with Gasteiger partial charge in [-0.15, -0.1) is 11.3 Å². The van der Waals surface area contributed by atoms with E-state index in [1.54, 1.807) is 11.3 Å². The maximum atomic E-state index is 13.5. The topological polar surface area (TPSA) is 29.5 Å². The molecule has 0 bridgehead atoms. The van der Waals surface area contributed by atoms with Crippen molar-refractivity contribution in [3.8, 4) is 16.9 Å². The van der Waals surface area contributed by atoms with Crippen LogP contribution in [0.2, 0.25) is 0 Å². The number of fused-ring (bicyclic) bond motifs is 3. The highest BCUT2D eigenvalue weighted by atomic mass is 32.1. The summed E-state index contributed by atoms with van der Waals surface area (Å²) in [4.78, 5) is 15.6. The van der Waals surface area contributed by atoms with E-state index in [1.807, 2.05) is 6.07 Å². The molecule has 2 aliphatic heterocycles. The Bertz CT molecular complexity index is 1120. The number of rotatable bonds is 3. The van der Waals surface area contributed by atoms with Crippen LogP contribution in [-0.4, -0.2) is 30.0 Å². The van der Waals surface area contributed by atoms with Gasteiger partial charge in [-0.05, 0) is 70.9 Å². The molecule has 1 aromatic heterocycles. The maximum Gasteiger partial charge on any atom is 0.257 e. The molecule has 3 heterocycles. The zero-order chi connectivity index (χ0) is 21.8. The number of hydrogen-bond acceptors (Lipinski definition) is 3.